The standard InChI is InChI=1S/C11H17N3/c1-10(12)14(13(2)3)9-11-7-5-4-6-8-11/h4-8,12H,9H2,1-3H3/p+1. The van der Waals surface area contributed by atoms with Gasteiger partial charge in [-0.05, 0) is 5.56 Å². The van der Waals surface area contributed by atoms with Crippen LogP contribution in [0.1, 0.15) is 12.5 Å². The SMILES string of the molecule is C/C(N)=[N+](\Cc1ccccc1)N(C)C. The van der Waals surface area contributed by atoms with Crippen LogP contribution in [0.5, 0.6) is 0 Å². The zero-order valence-electron chi connectivity index (χ0n) is 9.07. The Hall–Kier alpha value is -1.51. The van der Waals surface area contributed by atoms with Gasteiger partial charge in [0, 0.05) is 21.0 Å². The molecule has 0 atom stereocenters. The van der Waals surface area contributed by atoms with Crippen LogP contribution in [-0.4, -0.2) is 29.6 Å². The lowest BCUT2D eigenvalue weighted by molar-refractivity contribution is -0.692. The third kappa shape index (κ3) is 2.76. The van der Waals surface area contributed by atoms with Crippen LogP contribution in [0.4, 0.5) is 0 Å². The second-order valence-corrected chi connectivity index (χ2v) is 3.53. The molecule has 1 aromatic carbocycles. The van der Waals surface area contributed by atoms with Crippen LogP contribution < -0.4 is 5.73 Å². The monoisotopic (exact) mass is 192 g/mol. The van der Waals surface area contributed by atoms with Crippen molar-refractivity contribution in [3.05, 3.63) is 35.9 Å². The number of nitrogens with two attached hydrogens (primary N) is 1. The molecule has 2 N–H and O–H groups in total. The number of amidine groups is 1. The van der Waals surface area contributed by atoms with Crippen molar-refractivity contribution in [1.82, 2.24) is 5.01 Å². The van der Waals surface area contributed by atoms with Gasteiger partial charge >= 0.3 is 0 Å². The number of hydrazone groups is 1. The lowest BCUT2D eigenvalue weighted by Crippen LogP contribution is -2.35. The van der Waals surface area contributed by atoms with E-state index in [2.05, 4.69) is 12.1 Å². The molecule has 0 aliphatic carbocycles. The van der Waals surface area contributed by atoms with E-state index >= 15 is 0 Å². The number of benzene rings is 1. The normalized spacial score (nSPS) is 12.2. The summed E-state index contributed by atoms with van der Waals surface area (Å²) in [5.74, 6) is 0.804. The molecule has 0 fully saturated rings. The van der Waals surface area contributed by atoms with Gasteiger partial charge in [-0.15, -0.1) is 0 Å². The van der Waals surface area contributed by atoms with E-state index in [0.29, 0.717) is 0 Å². The van der Waals surface area contributed by atoms with Crippen LogP contribution in [0.15, 0.2) is 30.3 Å². The first kappa shape index (κ1) is 10.6. The molecule has 0 aliphatic heterocycles. The molecule has 0 aliphatic rings. The van der Waals surface area contributed by atoms with Gasteiger partial charge < -0.3 is 0 Å². The Morgan fingerprint density at radius 3 is 2.29 bits per heavy atom. The predicted octanol–water partition coefficient (Wildman–Crippen LogP) is 1.05. The van der Waals surface area contributed by atoms with Crippen molar-refractivity contribution < 1.29 is 4.68 Å². The van der Waals surface area contributed by atoms with Gasteiger partial charge in [-0.1, -0.05) is 30.3 Å². The molecule has 0 unspecified atom stereocenters. The van der Waals surface area contributed by atoms with Crippen molar-refractivity contribution in [1.29, 1.82) is 0 Å². The lowest BCUT2D eigenvalue weighted by Gasteiger charge is -2.16. The molecule has 76 valence electrons. The van der Waals surface area contributed by atoms with Gasteiger partial charge in [-0.2, -0.15) is 4.68 Å². The highest BCUT2D eigenvalue weighted by molar-refractivity contribution is 5.71. The quantitative estimate of drug-likeness (QED) is 0.336. The minimum absolute atomic E-state index is 0.804. The Morgan fingerprint density at radius 2 is 1.86 bits per heavy atom. The minimum Gasteiger partial charge on any atom is -0.290 e. The first-order valence-corrected chi connectivity index (χ1v) is 4.69. The molecule has 0 amide bonds. The number of nitrogens with zero attached hydrogens (tertiary/aromatic N) is 2. The molecule has 0 saturated carbocycles. The Kier molecular flexibility index (Phi) is 3.51. The van der Waals surface area contributed by atoms with Crippen LogP contribution in [0.2, 0.25) is 0 Å². The molecule has 1 aromatic rings. The second-order valence-electron chi connectivity index (χ2n) is 3.53. The van der Waals surface area contributed by atoms with Crippen molar-refractivity contribution in [2.45, 2.75) is 13.5 Å². The van der Waals surface area contributed by atoms with Crippen molar-refractivity contribution in [2.24, 2.45) is 5.73 Å². The summed E-state index contributed by atoms with van der Waals surface area (Å²) >= 11 is 0. The molecule has 3 heteroatoms. The van der Waals surface area contributed by atoms with E-state index in [4.69, 9.17) is 5.73 Å². The molecule has 1 rings (SSSR count). The molecular weight excluding hydrogens is 174 g/mol. The summed E-state index contributed by atoms with van der Waals surface area (Å²) in [5.41, 5.74) is 7.04. The second kappa shape index (κ2) is 4.65. The molecule has 0 bridgehead atoms. The highest BCUT2D eigenvalue weighted by Crippen LogP contribution is 2.01. The molecule has 0 spiro atoms. The fourth-order valence-electron chi connectivity index (χ4n) is 1.34. The number of rotatable bonds is 3. The average molecular weight is 192 g/mol. The zero-order chi connectivity index (χ0) is 10.6. The maximum atomic E-state index is 5.79. The average Bonchev–Trinajstić information content (AvgIpc) is 2.15. The fraction of sp³-hybridized carbons (Fsp3) is 0.364. The van der Waals surface area contributed by atoms with Gasteiger partial charge in [-0.25, -0.2) is 0 Å². The van der Waals surface area contributed by atoms with E-state index in [9.17, 15) is 0 Å². The van der Waals surface area contributed by atoms with Gasteiger partial charge in [0.2, 0.25) is 0 Å². The minimum atomic E-state index is 0.804. The van der Waals surface area contributed by atoms with Crippen LogP contribution in [0.3, 0.4) is 0 Å². The van der Waals surface area contributed by atoms with Gasteiger partial charge in [0.05, 0.1) is 0 Å². The summed E-state index contributed by atoms with van der Waals surface area (Å²) in [4.78, 5) is 0. The van der Waals surface area contributed by atoms with E-state index in [1.165, 1.54) is 5.56 Å². The Balaban J connectivity index is 2.82. The first-order chi connectivity index (χ1) is 6.61. The molecule has 3 nitrogen and oxygen atoms in total. The van der Waals surface area contributed by atoms with E-state index < -0.39 is 0 Å². The van der Waals surface area contributed by atoms with Crippen LogP contribution >= 0.6 is 0 Å². The lowest BCUT2D eigenvalue weighted by atomic mass is 10.2. The van der Waals surface area contributed by atoms with Crippen LogP contribution in [0.25, 0.3) is 0 Å². The number of hydrogen-bond acceptors (Lipinski definition) is 1. The summed E-state index contributed by atoms with van der Waals surface area (Å²) < 4.78 is 2.02. The Labute approximate surface area is 85.4 Å². The maximum absolute atomic E-state index is 5.79. The highest BCUT2D eigenvalue weighted by atomic mass is 15.5. The summed E-state index contributed by atoms with van der Waals surface area (Å²) in [6.07, 6.45) is 0. The molecule has 0 aromatic heterocycles. The third-order valence-electron chi connectivity index (χ3n) is 2.07. The van der Waals surface area contributed by atoms with E-state index in [-0.39, 0.29) is 0 Å². The Bertz CT molecular complexity index is 311. The van der Waals surface area contributed by atoms with Gasteiger partial charge in [-0.3, -0.25) is 10.7 Å². The van der Waals surface area contributed by atoms with Crippen LogP contribution in [0, 0.1) is 0 Å². The van der Waals surface area contributed by atoms with Gasteiger partial charge in [0.1, 0.15) is 6.54 Å². The molecule has 14 heavy (non-hydrogen) atoms. The highest BCUT2D eigenvalue weighted by Gasteiger charge is 2.06. The smallest absolute Gasteiger partial charge is 0.262 e. The van der Waals surface area contributed by atoms with Gasteiger partial charge in [0.15, 0.2) is 0 Å². The van der Waals surface area contributed by atoms with Crippen LogP contribution in [-0.2, 0) is 6.54 Å². The van der Waals surface area contributed by atoms with Crippen molar-refractivity contribution in [3.63, 3.8) is 0 Å². The summed E-state index contributed by atoms with van der Waals surface area (Å²) in [5, 5.41) is 1.99. The molecule has 0 saturated heterocycles. The first-order valence-electron chi connectivity index (χ1n) is 4.69. The predicted molar refractivity (Wildman–Crippen MR) is 59.0 cm³/mol. The Morgan fingerprint density at radius 1 is 1.29 bits per heavy atom. The molecule has 0 heterocycles. The third-order valence-corrected chi connectivity index (χ3v) is 2.07. The van der Waals surface area contributed by atoms with Crippen molar-refractivity contribution >= 4 is 5.84 Å². The summed E-state index contributed by atoms with van der Waals surface area (Å²) in [6.45, 7) is 2.72. The topological polar surface area (TPSA) is 32.3 Å². The molecular formula is C11H18N3+. The van der Waals surface area contributed by atoms with Crippen molar-refractivity contribution in [2.75, 3.05) is 14.1 Å². The van der Waals surface area contributed by atoms with E-state index in [0.717, 1.165) is 12.4 Å². The fourth-order valence-corrected chi connectivity index (χ4v) is 1.34. The number of hydrogen-bond donors (Lipinski definition) is 1. The zero-order valence-corrected chi connectivity index (χ0v) is 9.07. The van der Waals surface area contributed by atoms with Gasteiger partial charge in [0.25, 0.3) is 5.84 Å². The summed E-state index contributed by atoms with van der Waals surface area (Å²) in [7, 11) is 3.97. The molecule has 0 radical (unpaired) electrons. The van der Waals surface area contributed by atoms with Crippen molar-refractivity contribution in [3.8, 4) is 0 Å². The van der Waals surface area contributed by atoms with E-state index in [1.807, 2.05) is 48.9 Å². The number of hydrazine groups is 1. The summed E-state index contributed by atoms with van der Waals surface area (Å²) in [6, 6.07) is 10.3. The largest absolute Gasteiger partial charge is 0.290 e. The van der Waals surface area contributed by atoms with E-state index in [1.54, 1.807) is 0 Å². The maximum Gasteiger partial charge on any atom is 0.262 e.